The quantitative estimate of drug-likeness (QED) is 0.848. The summed E-state index contributed by atoms with van der Waals surface area (Å²) in [6.45, 7) is 2.04. The van der Waals surface area contributed by atoms with Crippen LogP contribution in [0.3, 0.4) is 0 Å². The Hall–Kier alpha value is -2.34. The Bertz CT molecular complexity index is 782. The molecule has 23 heavy (non-hydrogen) atoms. The van der Waals surface area contributed by atoms with Gasteiger partial charge in [0, 0.05) is 23.9 Å². The van der Waals surface area contributed by atoms with Gasteiger partial charge in [-0.25, -0.2) is 8.78 Å². The highest BCUT2D eigenvalue weighted by molar-refractivity contribution is 6.33. The lowest BCUT2D eigenvalue weighted by Crippen LogP contribution is -2.30. The molecule has 1 heterocycles. The molecule has 0 saturated carbocycles. The molecular weight excluding hydrogens is 328 g/mol. The Morgan fingerprint density at radius 3 is 2.70 bits per heavy atom. The van der Waals surface area contributed by atoms with Gasteiger partial charge in [0.05, 0.1) is 5.02 Å². The van der Waals surface area contributed by atoms with Crippen LogP contribution in [-0.2, 0) is 0 Å². The number of fused-ring (bicyclic) bond motifs is 1. The maximum atomic E-state index is 13.4. The molecule has 0 atom stereocenters. The second-order valence-electron chi connectivity index (χ2n) is 4.84. The summed E-state index contributed by atoms with van der Waals surface area (Å²) in [7, 11) is 0. The zero-order chi connectivity index (χ0) is 16.6. The third kappa shape index (κ3) is 2.82. The van der Waals surface area contributed by atoms with Crippen molar-refractivity contribution in [2.75, 3.05) is 18.2 Å². The van der Waals surface area contributed by atoms with Gasteiger partial charge in [0.1, 0.15) is 0 Å². The van der Waals surface area contributed by atoms with E-state index in [-0.39, 0.29) is 29.6 Å². The van der Waals surface area contributed by atoms with Gasteiger partial charge in [0.2, 0.25) is 6.79 Å². The van der Waals surface area contributed by atoms with Gasteiger partial charge in [-0.15, -0.1) is 0 Å². The fraction of sp³-hybridized carbons (Fsp3) is 0.188. The number of nitrogens with zero attached hydrogens (tertiary/aromatic N) is 1. The summed E-state index contributed by atoms with van der Waals surface area (Å²) in [5, 5.41) is 0.254. The SMILES string of the molecule is CCN(C(=O)c1cc(Cl)c2c(c1)OCO2)c1ccc(F)c(F)c1. The molecular formula is C16H12ClF2NO3. The first-order chi connectivity index (χ1) is 11.0. The molecule has 4 nitrogen and oxygen atoms in total. The normalized spacial score (nSPS) is 12.3. The van der Waals surface area contributed by atoms with Crippen LogP contribution < -0.4 is 14.4 Å². The van der Waals surface area contributed by atoms with Crippen molar-refractivity contribution >= 4 is 23.2 Å². The minimum absolute atomic E-state index is 0.0351. The van der Waals surface area contributed by atoms with Gasteiger partial charge in [-0.3, -0.25) is 4.79 Å². The Balaban J connectivity index is 1.97. The molecule has 2 aromatic carbocycles. The molecule has 1 aliphatic heterocycles. The number of halogens is 3. The van der Waals surface area contributed by atoms with Gasteiger partial charge in [-0.1, -0.05) is 11.6 Å². The summed E-state index contributed by atoms with van der Waals surface area (Å²) >= 11 is 6.07. The van der Waals surface area contributed by atoms with Crippen molar-refractivity contribution in [3.63, 3.8) is 0 Å². The average molecular weight is 340 g/mol. The lowest BCUT2D eigenvalue weighted by molar-refractivity contribution is 0.0988. The van der Waals surface area contributed by atoms with E-state index in [1.54, 1.807) is 6.92 Å². The molecule has 0 spiro atoms. The molecule has 0 unspecified atom stereocenters. The summed E-state index contributed by atoms with van der Waals surface area (Å²) in [5.74, 6) is -1.62. The number of carbonyl (C=O) groups excluding carboxylic acids is 1. The average Bonchev–Trinajstić information content (AvgIpc) is 3.00. The van der Waals surface area contributed by atoms with Crippen molar-refractivity contribution in [1.29, 1.82) is 0 Å². The fourth-order valence-corrected chi connectivity index (χ4v) is 2.61. The van der Waals surface area contributed by atoms with Crippen LogP contribution in [0, 0.1) is 11.6 Å². The Labute approximate surface area is 136 Å². The zero-order valence-electron chi connectivity index (χ0n) is 12.1. The van der Waals surface area contributed by atoms with E-state index in [1.807, 2.05) is 0 Å². The van der Waals surface area contributed by atoms with E-state index >= 15 is 0 Å². The lowest BCUT2D eigenvalue weighted by Gasteiger charge is -2.21. The molecule has 0 radical (unpaired) electrons. The third-order valence-electron chi connectivity index (χ3n) is 3.45. The maximum Gasteiger partial charge on any atom is 0.258 e. The van der Waals surface area contributed by atoms with Gasteiger partial charge < -0.3 is 14.4 Å². The van der Waals surface area contributed by atoms with Crippen molar-refractivity contribution in [1.82, 2.24) is 0 Å². The smallest absolute Gasteiger partial charge is 0.258 e. The van der Waals surface area contributed by atoms with Crippen LogP contribution in [0.15, 0.2) is 30.3 Å². The number of ether oxygens (including phenoxy) is 2. The lowest BCUT2D eigenvalue weighted by atomic mass is 10.1. The van der Waals surface area contributed by atoms with E-state index in [4.69, 9.17) is 21.1 Å². The second-order valence-corrected chi connectivity index (χ2v) is 5.25. The highest BCUT2D eigenvalue weighted by Gasteiger charge is 2.24. The number of rotatable bonds is 3. The summed E-state index contributed by atoms with van der Waals surface area (Å²) in [6, 6.07) is 6.27. The first-order valence-corrected chi connectivity index (χ1v) is 7.25. The minimum atomic E-state index is -1.02. The fourth-order valence-electron chi connectivity index (χ4n) is 2.34. The van der Waals surface area contributed by atoms with E-state index < -0.39 is 17.5 Å². The Kier molecular flexibility index (Phi) is 4.09. The molecule has 120 valence electrons. The molecule has 0 aromatic heterocycles. The number of carbonyl (C=O) groups is 1. The maximum absolute atomic E-state index is 13.4. The van der Waals surface area contributed by atoms with Crippen LogP contribution in [0.5, 0.6) is 11.5 Å². The third-order valence-corrected chi connectivity index (χ3v) is 3.73. The van der Waals surface area contributed by atoms with Gasteiger partial charge in [0.25, 0.3) is 5.91 Å². The van der Waals surface area contributed by atoms with Crippen LogP contribution >= 0.6 is 11.6 Å². The highest BCUT2D eigenvalue weighted by Crippen LogP contribution is 2.40. The Morgan fingerprint density at radius 2 is 2.00 bits per heavy atom. The summed E-state index contributed by atoms with van der Waals surface area (Å²) in [4.78, 5) is 14.0. The number of anilines is 1. The predicted molar refractivity (Wildman–Crippen MR) is 81.3 cm³/mol. The number of hydrogen-bond acceptors (Lipinski definition) is 3. The number of amides is 1. The van der Waals surface area contributed by atoms with Gasteiger partial charge >= 0.3 is 0 Å². The molecule has 7 heteroatoms. The predicted octanol–water partition coefficient (Wildman–Crippen LogP) is 4.01. The van der Waals surface area contributed by atoms with Crippen LogP contribution in [0.2, 0.25) is 5.02 Å². The molecule has 0 aliphatic carbocycles. The molecule has 1 aliphatic rings. The molecule has 2 aromatic rings. The summed E-state index contributed by atoms with van der Waals surface area (Å²) < 4.78 is 36.9. The van der Waals surface area contributed by atoms with Crippen molar-refractivity contribution < 1.29 is 23.0 Å². The van der Waals surface area contributed by atoms with Gasteiger partial charge in [0.15, 0.2) is 23.1 Å². The molecule has 0 N–H and O–H groups in total. The number of benzene rings is 2. The monoisotopic (exact) mass is 339 g/mol. The van der Waals surface area contributed by atoms with E-state index in [2.05, 4.69) is 0 Å². The van der Waals surface area contributed by atoms with Crippen molar-refractivity contribution in [3.05, 3.63) is 52.6 Å². The van der Waals surface area contributed by atoms with E-state index in [0.717, 1.165) is 12.1 Å². The van der Waals surface area contributed by atoms with E-state index in [1.165, 1.54) is 23.1 Å². The number of hydrogen-bond donors (Lipinski definition) is 0. The van der Waals surface area contributed by atoms with Crippen LogP contribution in [-0.4, -0.2) is 19.2 Å². The van der Waals surface area contributed by atoms with Crippen molar-refractivity contribution in [3.8, 4) is 11.5 Å². The largest absolute Gasteiger partial charge is 0.454 e. The Morgan fingerprint density at radius 1 is 1.22 bits per heavy atom. The second kappa shape index (κ2) is 6.04. The first kappa shape index (κ1) is 15.6. The topological polar surface area (TPSA) is 38.8 Å². The molecule has 0 bridgehead atoms. The highest BCUT2D eigenvalue weighted by atomic mass is 35.5. The molecule has 3 rings (SSSR count). The van der Waals surface area contributed by atoms with Crippen molar-refractivity contribution in [2.45, 2.75) is 6.92 Å². The van der Waals surface area contributed by atoms with Crippen LogP contribution in [0.4, 0.5) is 14.5 Å². The van der Waals surface area contributed by atoms with Gasteiger partial charge in [-0.05, 0) is 31.2 Å². The first-order valence-electron chi connectivity index (χ1n) is 6.87. The standard InChI is InChI=1S/C16H12ClF2NO3/c1-2-20(10-3-4-12(18)13(19)7-10)16(21)9-5-11(17)15-14(6-9)22-8-23-15/h3-7H,2,8H2,1H3. The molecule has 0 saturated heterocycles. The summed E-state index contributed by atoms with van der Waals surface area (Å²) in [6.07, 6.45) is 0. The molecule has 1 amide bonds. The van der Waals surface area contributed by atoms with E-state index in [0.29, 0.717) is 11.5 Å². The van der Waals surface area contributed by atoms with Crippen molar-refractivity contribution in [2.24, 2.45) is 0 Å². The minimum Gasteiger partial charge on any atom is -0.454 e. The van der Waals surface area contributed by atoms with Gasteiger partial charge in [-0.2, -0.15) is 0 Å². The molecule has 0 fully saturated rings. The van der Waals surface area contributed by atoms with Crippen LogP contribution in [0.25, 0.3) is 0 Å². The van der Waals surface area contributed by atoms with E-state index in [9.17, 15) is 13.6 Å². The van der Waals surface area contributed by atoms with Crippen LogP contribution in [0.1, 0.15) is 17.3 Å². The summed E-state index contributed by atoms with van der Waals surface area (Å²) in [5.41, 5.74) is 0.524. The zero-order valence-corrected chi connectivity index (χ0v) is 12.9.